The average molecular weight is 520 g/mol. The van der Waals surface area contributed by atoms with Crippen LogP contribution in [0.4, 0.5) is 43.9 Å². The summed E-state index contributed by atoms with van der Waals surface area (Å²) >= 11 is 0. The molecule has 1 aromatic rings. The molecular formula is C18H26F6N6O5. The first-order chi connectivity index (χ1) is 16.0. The Morgan fingerprint density at radius 2 is 1.60 bits per heavy atom. The fourth-order valence-corrected chi connectivity index (χ4v) is 2.77. The summed E-state index contributed by atoms with van der Waals surface area (Å²) in [6.07, 6.45) is -9.22. The average Bonchev–Trinajstić information content (AvgIpc) is 2.89. The van der Waals surface area contributed by atoms with E-state index in [0.29, 0.717) is 24.6 Å². The van der Waals surface area contributed by atoms with Crippen LogP contribution in [0.15, 0.2) is 0 Å². The number of aliphatic carboxylic acids is 2. The Morgan fingerprint density at radius 3 is 2.00 bits per heavy atom. The molecule has 1 atom stereocenters. The summed E-state index contributed by atoms with van der Waals surface area (Å²) in [7, 11) is 1.97. The van der Waals surface area contributed by atoms with Crippen LogP contribution in [0.5, 0.6) is 5.75 Å². The normalized spacial score (nSPS) is 17.8. The number of carboxylic acid groups (broad SMARTS) is 2. The minimum atomic E-state index is -5.08. The van der Waals surface area contributed by atoms with Crippen molar-refractivity contribution >= 4 is 29.5 Å². The molecule has 1 fully saturated rings. The molecule has 3 heterocycles. The fraction of sp³-hybridized carbons (Fsp3) is 0.667. The van der Waals surface area contributed by atoms with Crippen molar-refractivity contribution < 1.29 is 50.9 Å². The molecule has 0 aliphatic carbocycles. The number of fused-ring (bicyclic) bond motifs is 1. The van der Waals surface area contributed by atoms with Crippen LogP contribution in [0.1, 0.15) is 20.3 Å². The van der Waals surface area contributed by atoms with E-state index in [-0.39, 0.29) is 5.95 Å². The minimum Gasteiger partial charge on any atom is -0.486 e. The van der Waals surface area contributed by atoms with Crippen LogP contribution in [-0.2, 0) is 9.59 Å². The van der Waals surface area contributed by atoms with Gasteiger partial charge < -0.3 is 36.2 Å². The summed E-state index contributed by atoms with van der Waals surface area (Å²) in [6.45, 7) is 6.89. The largest absolute Gasteiger partial charge is 0.490 e. The molecule has 2 aliphatic heterocycles. The van der Waals surface area contributed by atoms with Gasteiger partial charge >= 0.3 is 24.3 Å². The molecule has 0 amide bonds. The second-order valence-electron chi connectivity index (χ2n) is 7.71. The number of hydrogen-bond donors (Lipinski definition) is 5. The molecule has 2 aliphatic rings. The molecular weight excluding hydrogens is 494 g/mol. The SMILES string of the molecule is CNC1CN(c2nc(N)nc3c2OCC[C@H](C(C)C)N3)C1.O=C(O)C(F)(F)F.O=C(O)C(F)(F)F. The van der Waals surface area contributed by atoms with E-state index in [4.69, 9.17) is 30.3 Å². The fourth-order valence-electron chi connectivity index (χ4n) is 2.77. The monoisotopic (exact) mass is 520 g/mol. The number of halogens is 6. The highest BCUT2D eigenvalue weighted by atomic mass is 19.4. The van der Waals surface area contributed by atoms with Crippen molar-refractivity contribution in [3.05, 3.63) is 0 Å². The van der Waals surface area contributed by atoms with Crippen LogP contribution < -0.4 is 26.0 Å². The molecule has 200 valence electrons. The summed E-state index contributed by atoms with van der Waals surface area (Å²) in [4.78, 5) is 28.7. The quantitative estimate of drug-likeness (QED) is 0.370. The zero-order valence-corrected chi connectivity index (χ0v) is 18.9. The van der Waals surface area contributed by atoms with E-state index in [1.54, 1.807) is 0 Å². The van der Waals surface area contributed by atoms with Crippen molar-refractivity contribution in [2.45, 2.75) is 44.7 Å². The van der Waals surface area contributed by atoms with Gasteiger partial charge in [0.1, 0.15) is 0 Å². The van der Waals surface area contributed by atoms with Crippen LogP contribution in [0.2, 0.25) is 0 Å². The third kappa shape index (κ3) is 9.14. The van der Waals surface area contributed by atoms with Crippen molar-refractivity contribution in [2.75, 3.05) is 42.7 Å². The minimum absolute atomic E-state index is 0.289. The summed E-state index contributed by atoms with van der Waals surface area (Å²) < 4.78 is 69.4. The molecule has 0 saturated carbocycles. The van der Waals surface area contributed by atoms with Crippen molar-refractivity contribution in [3.8, 4) is 5.75 Å². The number of nitrogens with zero attached hydrogens (tertiary/aromatic N) is 3. The Balaban J connectivity index is 0.000000362. The summed E-state index contributed by atoms with van der Waals surface area (Å²) in [5.74, 6) is -2.45. The second kappa shape index (κ2) is 11.9. The maximum absolute atomic E-state index is 10.6. The molecule has 0 unspecified atom stereocenters. The Bertz CT molecular complexity index is 853. The van der Waals surface area contributed by atoms with Crippen molar-refractivity contribution in [2.24, 2.45) is 5.92 Å². The third-order valence-corrected chi connectivity index (χ3v) is 4.74. The van der Waals surface area contributed by atoms with Gasteiger partial charge in [0, 0.05) is 31.6 Å². The highest BCUT2D eigenvalue weighted by Gasteiger charge is 2.39. The molecule has 11 nitrogen and oxygen atoms in total. The lowest BCUT2D eigenvalue weighted by Gasteiger charge is -2.40. The number of alkyl halides is 6. The van der Waals surface area contributed by atoms with E-state index >= 15 is 0 Å². The lowest BCUT2D eigenvalue weighted by atomic mass is 10.0. The first kappa shape index (κ1) is 29.8. The zero-order valence-electron chi connectivity index (χ0n) is 18.9. The number of carboxylic acids is 2. The predicted octanol–water partition coefficient (Wildman–Crippen LogP) is 1.95. The van der Waals surface area contributed by atoms with Gasteiger partial charge in [-0.2, -0.15) is 36.3 Å². The van der Waals surface area contributed by atoms with Gasteiger partial charge in [0.05, 0.1) is 6.61 Å². The molecule has 1 saturated heterocycles. The number of carbonyl (C=O) groups is 2. The smallest absolute Gasteiger partial charge is 0.486 e. The highest BCUT2D eigenvalue weighted by Crippen LogP contribution is 2.38. The van der Waals surface area contributed by atoms with Crippen molar-refractivity contribution in [1.29, 1.82) is 0 Å². The molecule has 1 aromatic heterocycles. The molecule has 0 aromatic carbocycles. The first-order valence-corrected chi connectivity index (χ1v) is 10.1. The van der Waals surface area contributed by atoms with Gasteiger partial charge in [0.25, 0.3) is 0 Å². The number of ether oxygens (including phenoxy) is 1. The van der Waals surface area contributed by atoms with Crippen LogP contribution in [0.25, 0.3) is 0 Å². The van der Waals surface area contributed by atoms with E-state index in [2.05, 4.69) is 39.3 Å². The Kier molecular flexibility index (Phi) is 10.2. The molecule has 0 spiro atoms. The number of anilines is 3. The molecule has 0 bridgehead atoms. The number of rotatable bonds is 3. The third-order valence-electron chi connectivity index (χ3n) is 4.74. The lowest BCUT2D eigenvalue weighted by molar-refractivity contribution is -0.193. The number of nitrogens with one attached hydrogen (secondary N) is 2. The molecule has 3 rings (SSSR count). The predicted molar refractivity (Wildman–Crippen MR) is 111 cm³/mol. The Morgan fingerprint density at radius 1 is 1.11 bits per heavy atom. The van der Waals surface area contributed by atoms with Crippen LogP contribution in [-0.4, -0.2) is 83.3 Å². The molecule has 17 heteroatoms. The summed E-state index contributed by atoms with van der Waals surface area (Å²) in [6, 6.07) is 0.842. The highest BCUT2D eigenvalue weighted by molar-refractivity contribution is 5.73. The van der Waals surface area contributed by atoms with E-state index < -0.39 is 24.3 Å². The topological polar surface area (TPSA) is 163 Å². The number of nitrogens with two attached hydrogens (primary N) is 1. The molecule has 35 heavy (non-hydrogen) atoms. The summed E-state index contributed by atoms with van der Waals surface area (Å²) in [5, 5.41) is 21.0. The van der Waals surface area contributed by atoms with Crippen LogP contribution in [0, 0.1) is 5.92 Å². The zero-order chi connectivity index (χ0) is 27.1. The number of likely N-dealkylation sites (N-methyl/N-ethyl adjacent to an activating group) is 1. The standard InChI is InChI=1S/C14H24N6O.2C2HF3O2/c1-8(2)10-4-5-21-11-12(17-10)18-14(15)19-13(11)20-6-9(7-20)16-3;2*3-2(4,5)1(6)7/h8-10,16H,4-7H2,1-3H3,(H3,15,17,18,19);2*(H,6,7)/t10-;;/m1../s1. The van der Waals surface area contributed by atoms with Crippen LogP contribution >= 0.6 is 0 Å². The molecule has 0 radical (unpaired) electrons. The van der Waals surface area contributed by atoms with Crippen LogP contribution in [0.3, 0.4) is 0 Å². The Hall–Kier alpha value is -3.24. The van der Waals surface area contributed by atoms with Gasteiger partial charge in [0.2, 0.25) is 11.7 Å². The Labute approximate surface area is 195 Å². The van der Waals surface area contributed by atoms with Gasteiger partial charge in [-0.15, -0.1) is 0 Å². The maximum atomic E-state index is 10.6. The lowest BCUT2D eigenvalue weighted by Crippen LogP contribution is -2.57. The number of aromatic nitrogens is 2. The van der Waals surface area contributed by atoms with Gasteiger partial charge in [-0.3, -0.25) is 0 Å². The number of nitrogen functional groups attached to an aromatic ring is 1. The van der Waals surface area contributed by atoms with Crippen molar-refractivity contribution in [3.63, 3.8) is 0 Å². The molecule has 6 N–H and O–H groups in total. The van der Waals surface area contributed by atoms with Gasteiger partial charge in [0.15, 0.2) is 11.6 Å². The van der Waals surface area contributed by atoms with E-state index in [1.165, 1.54) is 0 Å². The van der Waals surface area contributed by atoms with Gasteiger partial charge in [-0.25, -0.2) is 9.59 Å². The van der Waals surface area contributed by atoms with E-state index in [1.807, 2.05) is 7.05 Å². The first-order valence-electron chi connectivity index (χ1n) is 10.1. The van der Waals surface area contributed by atoms with Crippen molar-refractivity contribution in [1.82, 2.24) is 15.3 Å². The second-order valence-corrected chi connectivity index (χ2v) is 7.71. The number of hydrogen-bond acceptors (Lipinski definition) is 9. The van der Waals surface area contributed by atoms with E-state index in [9.17, 15) is 26.3 Å². The van der Waals surface area contributed by atoms with E-state index in [0.717, 1.165) is 36.9 Å². The summed E-state index contributed by atoms with van der Waals surface area (Å²) in [5.41, 5.74) is 5.88. The van der Waals surface area contributed by atoms with Gasteiger partial charge in [-0.1, -0.05) is 13.8 Å². The maximum Gasteiger partial charge on any atom is 0.490 e. The van der Waals surface area contributed by atoms with Gasteiger partial charge in [-0.05, 0) is 13.0 Å².